The molecule has 1 unspecified atom stereocenters. The van der Waals surface area contributed by atoms with Gasteiger partial charge in [-0.05, 0) is 49.7 Å². The predicted octanol–water partition coefficient (Wildman–Crippen LogP) is 5.19. The number of benzene rings is 2. The van der Waals surface area contributed by atoms with Gasteiger partial charge in [-0.15, -0.1) is 0 Å². The summed E-state index contributed by atoms with van der Waals surface area (Å²) in [5, 5.41) is 3.68. The van der Waals surface area contributed by atoms with Crippen LogP contribution in [0.2, 0.25) is 5.02 Å². The summed E-state index contributed by atoms with van der Waals surface area (Å²) < 4.78 is 28.3. The fourth-order valence-corrected chi connectivity index (χ4v) is 2.97. The minimum atomic E-state index is -0.550. The number of nitrogens with one attached hydrogen (secondary N) is 1. The molecule has 1 nitrogen and oxygen atoms in total. The Kier molecular flexibility index (Phi) is 5.36. The molecule has 1 N–H and O–H groups in total. The summed E-state index contributed by atoms with van der Waals surface area (Å²) in [5.74, 6) is -1.08. The van der Waals surface area contributed by atoms with E-state index in [0.717, 1.165) is 16.1 Å². The minimum absolute atomic E-state index is 0.275. The summed E-state index contributed by atoms with van der Waals surface area (Å²) in [5.41, 5.74) is 1.77. The Morgan fingerprint density at radius 1 is 1.19 bits per heavy atom. The molecule has 0 saturated carbocycles. The Labute approximate surface area is 136 Å². The van der Waals surface area contributed by atoms with Crippen molar-refractivity contribution in [3.63, 3.8) is 0 Å². The van der Waals surface area contributed by atoms with Crippen molar-refractivity contribution in [2.45, 2.75) is 19.4 Å². The zero-order valence-corrected chi connectivity index (χ0v) is 14.0. The molecule has 1 atom stereocenters. The van der Waals surface area contributed by atoms with E-state index in [1.807, 2.05) is 12.1 Å². The summed E-state index contributed by atoms with van der Waals surface area (Å²) in [6, 6.07) is 7.78. The zero-order chi connectivity index (χ0) is 15.6. The van der Waals surface area contributed by atoms with Crippen LogP contribution in [0, 0.1) is 18.6 Å². The second-order valence-corrected chi connectivity index (χ2v) is 6.23. The fourth-order valence-electron chi connectivity index (χ4n) is 2.22. The van der Waals surface area contributed by atoms with Crippen LogP contribution in [0.1, 0.15) is 22.7 Å². The molecule has 0 aromatic heterocycles. The average Bonchev–Trinajstić information content (AvgIpc) is 2.43. The Balaban J connectivity index is 2.34. The average molecular weight is 375 g/mol. The number of aryl methyl sites for hydroxylation is 1. The molecule has 2 rings (SSSR count). The Bertz CT molecular complexity index is 661. The van der Waals surface area contributed by atoms with E-state index in [-0.39, 0.29) is 6.04 Å². The molecule has 0 heterocycles. The molecule has 0 aliphatic heterocycles. The van der Waals surface area contributed by atoms with E-state index in [1.165, 1.54) is 0 Å². The lowest BCUT2D eigenvalue weighted by Crippen LogP contribution is -2.20. The van der Waals surface area contributed by atoms with Crippen LogP contribution < -0.4 is 5.32 Å². The summed E-state index contributed by atoms with van der Waals surface area (Å²) in [4.78, 5) is 0. The second kappa shape index (κ2) is 6.86. The summed E-state index contributed by atoms with van der Waals surface area (Å²) in [6.45, 7) is 1.62. The number of hydrogen-bond donors (Lipinski definition) is 1. The number of hydrogen-bond acceptors (Lipinski definition) is 1. The molecule has 0 fully saturated rings. The Hall–Kier alpha value is -0.970. The van der Waals surface area contributed by atoms with E-state index in [0.29, 0.717) is 22.6 Å². The highest BCUT2D eigenvalue weighted by Gasteiger charge is 2.18. The molecular weight excluding hydrogens is 360 g/mol. The first-order valence-electron chi connectivity index (χ1n) is 6.49. The van der Waals surface area contributed by atoms with Gasteiger partial charge < -0.3 is 5.32 Å². The topological polar surface area (TPSA) is 12.0 Å². The van der Waals surface area contributed by atoms with Gasteiger partial charge in [0.15, 0.2) is 0 Å². The SMILES string of the molecule is CNC(Cc1ccc(Br)cc1Cl)c1cc(C)c(F)cc1F. The van der Waals surface area contributed by atoms with Crippen LogP contribution in [0.5, 0.6) is 0 Å². The van der Waals surface area contributed by atoms with Gasteiger partial charge in [0, 0.05) is 27.2 Å². The van der Waals surface area contributed by atoms with Crippen molar-refractivity contribution in [2.24, 2.45) is 0 Å². The van der Waals surface area contributed by atoms with Crippen LogP contribution in [-0.4, -0.2) is 7.05 Å². The smallest absolute Gasteiger partial charge is 0.130 e. The highest BCUT2D eigenvalue weighted by Crippen LogP contribution is 2.28. The van der Waals surface area contributed by atoms with Gasteiger partial charge in [-0.25, -0.2) is 8.78 Å². The molecule has 0 radical (unpaired) electrons. The van der Waals surface area contributed by atoms with E-state index in [4.69, 9.17) is 11.6 Å². The van der Waals surface area contributed by atoms with Crippen molar-refractivity contribution < 1.29 is 8.78 Å². The number of rotatable bonds is 4. The zero-order valence-electron chi connectivity index (χ0n) is 11.7. The highest BCUT2D eigenvalue weighted by molar-refractivity contribution is 9.10. The van der Waals surface area contributed by atoms with Crippen LogP contribution in [0.25, 0.3) is 0 Å². The molecule has 0 aliphatic rings. The first kappa shape index (κ1) is 16.4. The van der Waals surface area contributed by atoms with Gasteiger partial charge in [0.05, 0.1) is 0 Å². The van der Waals surface area contributed by atoms with Crippen molar-refractivity contribution >= 4 is 27.5 Å². The molecule has 0 spiro atoms. The molecule has 21 heavy (non-hydrogen) atoms. The van der Waals surface area contributed by atoms with Gasteiger partial charge in [-0.3, -0.25) is 0 Å². The molecule has 5 heteroatoms. The largest absolute Gasteiger partial charge is 0.313 e. The molecule has 0 aliphatic carbocycles. The van der Waals surface area contributed by atoms with E-state index in [1.54, 1.807) is 26.1 Å². The number of likely N-dealkylation sites (N-methyl/N-ethyl adjacent to an activating group) is 1. The lowest BCUT2D eigenvalue weighted by molar-refractivity contribution is 0.519. The maximum atomic E-state index is 14.0. The quantitative estimate of drug-likeness (QED) is 0.776. The maximum absolute atomic E-state index is 14.0. The molecular formula is C16H15BrClF2N. The van der Waals surface area contributed by atoms with Gasteiger partial charge in [0.2, 0.25) is 0 Å². The third-order valence-corrected chi connectivity index (χ3v) is 4.29. The summed E-state index contributed by atoms with van der Waals surface area (Å²) >= 11 is 9.55. The summed E-state index contributed by atoms with van der Waals surface area (Å²) in [7, 11) is 1.75. The standard InChI is InChI=1S/C16H15BrClF2N/c1-9-5-12(15(20)8-14(9)19)16(21-2)6-10-3-4-11(17)7-13(10)18/h3-5,7-8,16,21H,6H2,1-2H3. The minimum Gasteiger partial charge on any atom is -0.313 e. The monoisotopic (exact) mass is 373 g/mol. The molecule has 112 valence electrons. The van der Waals surface area contributed by atoms with Gasteiger partial charge in [0.1, 0.15) is 11.6 Å². The first-order chi connectivity index (χ1) is 9.92. The molecule has 0 saturated heterocycles. The third-order valence-electron chi connectivity index (χ3n) is 3.44. The Morgan fingerprint density at radius 3 is 2.52 bits per heavy atom. The van der Waals surface area contributed by atoms with E-state index in [9.17, 15) is 8.78 Å². The van der Waals surface area contributed by atoms with Crippen LogP contribution in [0.4, 0.5) is 8.78 Å². The highest BCUT2D eigenvalue weighted by atomic mass is 79.9. The molecule has 2 aromatic carbocycles. The van der Waals surface area contributed by atoms with Gasteiger partial charge in [-0.2, -0.15) is 0 Å². The summed E-state index contributed by atoms with van der Waals surface area (Å²) in [6.07, 6.45) is 0.518. The van der Waals surface area contributed by atoms with Crippen molar-refractivity contribution in [2.75, 3.05) is 7.05 Å². The van der Waals surface area contributed by atoms with Crippen LogP contribution in [0.15, 0.2) is 34.8 Å². The lowest BCUT2D eigenvalue weighted by Gasteiger charge is -2.19. The van der Waals surface area contributed by atoms with Crippen molar-refractivity contribution in [3.05, 3.63) is 68.2 Å². The molecule has 0 bridgehead atoms. The van der Waals surface area contributed by atoms with E-state index >= 15 is 0 Å². The molecule has 0 amide bonds. The lowest BCUT2D eigenvalue weighted by atomic mass is 9.97. The third kappa shape index (κ3) is 3.82. The molecule has 2 aromatic rings. The van der Waals surface area contributed by atoms with Crippen LogP contribution in [-0.2, 0) is 6.42 Å². The van der Waals surface area contributed by atoms with Crippen molar-refractivity contribution in [3.8, 4) is 0 Å². The normalized spacial score (nSPS) is 12.5. The van der Waals surface area contributed by atoms with Gasteiger partial charge >= 0.3 is 0 Å². The van der Waals surface area contributed by atoms with E-state index in [2.05, 4.69) is 21.2 Å². The van der Waals surface area contributed by atoms with Crippen LogP contribution >= 0.6 is 27.5 Å². The van der Waals surface area contributed by atoms with Crippen LogP contribution in [0.3, 0.4) is 0 Å². The number of halogens is 4. The van der Waals surface area contributed by atoms with Crippen molar-refractivity contribution in [1.82, 2.24) is 5.32 Å². The Morgan fingerprint density at radius 2 is 1.90 bits per heavy atom. The van der Waals surface area contributed by atoms with Crippen molar-refractivity contribution in [1.29, 1.82) is 0 Å². The van der Waals surface area contributed by atoms with Gasteiger partial charge in [-0.1, -0.05) is 33.6 Å². The first-order valence-corrected chi connectivity index (χ1v) is 7.66. The maximum Gasteiger partial charge on any atom is 0.130 e. The second-order valence-electron chi connectivity index (χ2n) is 4.90. The fraction of sp³-hybridized carbons (Fsp3) is 0.250. The van der Waals surface area contributed by atoms with E-state index < -0.39 is 11.6 Å². The predicted molar refractivity (Wildman–Crippen MR) is 85.8 cm³/mol. The van der Waals surface area contributed by atoms with Gasteiger partial charge in [0.25, 0.3) is 0 Å².